The van der Waals surface area contributed by atoms with E-state index in [0.717, 1.165) is 34.6 Å². The molecule has 2 aromatic heterocycles. The maximum atomic E-state index is 12.1. The molecular weight excluding hydrogens is 328 g/mol. The standard InChI is InChI=1S/C20H18N4O2/c25-19-21-13-15-7-1-3-9-17(15)23(19)11-5-6-12-24-18-10-4-2-8-16(18)14-22-20(24)26/h1-4,7-10,13-14H,5-6,11-12H2. The summed E-state index contributed by atoms with van der Waals surface area (Å²) >= 11 is 0. The summed E-state index contributed by atoms with van der Waals surface area (Å²) < 4.78 is 3.39. The van der Waals surface area contributed by atoms with Gasteiger partial charge in [0.2, 0.25) is 0 Å². The topological polar surface area (TPSA) is 69.8 Å². The highest BCUT2D eigenvalue weighted by Crippen LogP contribution is 2.12. The van der Waals surface area contributed by atoms with Crippen molar-refractivity contribution in [1.82, 2.24) is 19.1 Å². The molecule has 2 heterocycles. The number of hydrogen-bond donors (Lipinski definition) is 0. The summed E-state index contributed by atoms with van der Waals surface area (Å²) in [4.78, 5) is 32.1. The van der Waals surface area contributed by atoms with E-state index in [2.05, 4.69) is 9.97 Å². The summed E-state index contributed by atoms with van der Waals surface area (Å²) in [5, 5.41) is 1.89. The Labute approximate surface area is 149 Å². The zero-order valence-corrected chi connectivity index (χ0v) is 14.2. The van der Waals surface area contributed by atoms with Gasteiger partial charge in [-0.25, -0.2) is 19.6 Å². The highest BCUT2D eigenvalue weighted by atomic mass is 16.1. The van der Waals surface area contributed by atoms with Crippen LogP contribution in [0.3, 0.4) is 0 Å². The van der Waals surface area contributed by atoms with Crippen LogP contribution in [0, 0.1) is 0 Å². The van der Waals surface area contributed by atoms with Gasteiger partial charge in [0.05, 0.1) is 11.0 Å². The van der Waals surface area contributed by atoms with Gasteiger partial charge in [-0.15, -0.1) is 0 Å². The summed E-state index contributed by atoms with van der Waals surface area (Å²) in [5.41, 5.74) is 1.29. The maximum Gasteiger partial charge on any atom is 0.348 e. The second kappa shape index (κ2) is 6.92. The fourth-order valence-electron chi connectivity index (χ4n) is 3.25. The molecule has 0 N–H and O–H groups in total. The number of unbranched alkanes of at least 4 members (excludes halogenated alkanes) is 1. The smallest absolute Gasteiger partial charge is 0.292 e. The highest BCUT2D eigenvalue weighted by Gasteiger charge is 2.06. The number of aromatic nitrogens is 4. The maximum absolute atomic E-state index is 12.1. The first-order chi connectivity index (χ1) is 12.7. The lowest BCUT2D eigenvalue weighted by Crippen LogP contribution is -2.24. The monoisotopic (exact) mass is 346 g/mol. The number of nitrogens with zero attached hydrogens (tertiary/aromatic N) is 4. The van der Waals surface area contributed by atoms with Crippen molar-refractivity contribution < 1.29 is 0 Å². The lowest BCUT2D eigenvalue weighted by atomic mass is 10.2. The Balaban J connectivity index is 1.52. The van der Waals surface area contributed by atoms with Crippen molar-refractivity contribution in [2.45, 2.75) is 25.9 Å². The fourth-order valence-corrected chi connectivity index (χ4v) is 3.25. The van der Waals surface area contributed by atoms with Crippen LogP contribution < -0.4 is 11.4 Å². The van der Waals surface area contributed by atoms with E-state index >= 15 is 0 Å². The molecule has 0 atom stereocenters. The summed E-state index contributed by atoms with van der Waals surface area (Å²) in [6, 6.07) is 15.4. The van der Waals surface area contributed by atoms with Gasteiger partial charge < -0.3 is 0 Å². The van der Waals surface area contributed by atoms with Crippen LogP contribution in [0.25, 0.3) is 21.8 Å². The van der Waals surface area contributed by atoms with Crippen LogP contribution in [0.4, 0.5) is 0 Å². The molecule has 0 aliphatic rings. The second-order valence-electron chi connectivity index (χ2n) is 6.21. The van der Waals surface area contributed by atoms with Gasteiger partial charge in [-0.1, -0.05) is 36.4 Å². The Hall–Kier alpha value is -3.28. The minimum atomic E-state index is -0.243. The lowest BCUT2D eigenvalue weighted by Gasteiger charge is -2.11. The Morgan fingerprint density at radius 2 is 1.08 bits per heavy atom. The largest absolute Gasteiger partial charge is 0.348 e. The molecule has 0 amide bonds. The summed E-state index contributed by atoms with van der Waals surface area (Å²) in [6.07, 6.45) is 4.75. The summed E-state index contributed by atoms with van der Waals surface area (Å²) in [5.74, 6) is 0. The van der Waals surface area contributed by atoms with Crippen molar-refractivity contribution in [3.05, 3.63) is 81.9 Å². The molecule has 0 spiro atoms. The number of benzene rings is 2. The third kappa shape index (κ3) is 3.01. The molecule has 2 aromatic carbocycles. The SMILES string of the molecule is O=c1ncc2ccccc2n1CCCCn1c(=O)ncc2ccccc21. The predicted octanol–water partition coefficient (Wildman–Crippen LogP) is 2.59. The van der Waals surface area contributed by atoms with Crippen LogP contribution in [0.5, 0.6) is 0 Å². The van der Waals surface area contributed by atoms with E-state index in [1.54, 1.807) is 21.5 Å². The van der Waals surface area contributed by atoms with Crippen LogP contribution in [0.15, 0.2) is 70.5 Å². The first-order valence-corrected chi connectivity index (χ1v) is 8.63. The first kappa shape index (κ1) is 16.2. The van der Waals surface area contributed by atoms with E-state index in [-0.39, 0.29) is 11.4 Å². The van der Waals surface area contributed by atoms with Crippen molar-refractivity contribution in [3.63, 3.8) is 0 Å². The van der Waals surface area contributed by atoms with Crippen molar-refractivity contribution in [2.75, 3.05) is 0 Å². The van der Waals surface area contributed by atoms with E-state index in [9.17, 15) is 9.59 Å². The predicted molar refractivity (Wildman–Crippen MR) is 101 cm³/mol. The van der Waals surface area contributed by atoms with Crippen molar-refractivity contribution >= 4 is 21.8 Å². The Morgan fingerprint density at radius 1 is 0.654 bits per heavy atom. The van der Waals surface area contributed by atoms with Gasteiger partial charge >= 0.3 is 11.4 Å². The van der Waals surface area contributed by atoms with Crippen LogP contribution in [0.2, 0.25) is 0 Å². The van der Waals surface area contributed by atoms with Gasteiger partial charge in [0.25, 0.3) is 0 Å². The van der Waals surface area contributed by atoms with Gasteiger partial charge in [-0.2, -0.15) is 0 Å². The molecule has 26 heavy (non-hydrogen) atoms. The molecule has 6 heteroatoms. The molecule has 0 fully saturated rings. The molecule has 4 aromatic rings. The normalized spacial score (nSPS) is 11.2. The van der Waals surface area contributed by atoms with E-state index in [4.69, 9.17) is 0 Å². The van der Waals surface area contributed by atoms with E-state index in [1.807, 2.05) is 48.5 Å². The Morgan fingerprint density at radius 3 is 1.54 bits per heavy atom. The van der Waals surface area contributed by atoms with Crippen LogP contribution in [-0.2, 0) is 13.1 Å². The molecule has 0 saturated heterocycles. The molecule has 0 aliphatic heterocycles. The van der Waals surface area contributed by atoms with Crippen LogP contribution in [0.1, 0.15) is 12.8 Å². The van der Waals surface area contributed by atoms with E-state index < -0.39 is 0 Å². The number of rotatable bonds is 5. The van der Waals surface area contributed by atoms with E-state index in [0.29, 0.717) is 13.1 Å². The van der Waals surface area contributed by atoms with Gasteiger partial charge in [-0.3, -0.25) is 9.13 Å². The zero-order chi connectivity index (χ0) is 17.9. The Bertz CT molecular complexity index is 1100. The average Bonchev–Trinajstić information content (AvgIpc) is 2.68. The summed E-state index contributed by atoms with van der Waals surface area (Å²) in [7, 11) is 0. The molecule has 0 radical (unpaired) electrons. The molecule has 0 saturated carbocycles. The third-order valence-corrected chi connectivity index (χ3v) is 4.56. The van der Waals surface area contributed by atoms with Gasteiger partial charge in [-0.05, 0) is 25.0 Å². The first-order valence-electron chi connectivity index (χ1n) is 8.63. The molecule has 6 nitrogen and oxygen atoms in total. The van der Waals surface area contributed by atoms with Crippen LogP contribution >= 0.6 is 0 Å². The average molecular weight is 346 g/mol. The molecule has 130 valence electrons. The summed E-state index contributed by atoms with van der Waals surface area (Å²) in [6.45, 7) is 1.14. The van der Waals surface area contributed by atoms with Crippen molar-refractivity contribution in [2.24, 2.45) is 0 Å². The zero-order valence-electron chi connectivity index (χ0n) is 14.2. The number of aryl methyl sites for hydroxylation is 2. The quantitative estimate of drug-likeness (QED) is 0.521. The highest BCUT2D eigenvalue weighted by molar-refractivity contribution is 5.78. The number of fused-ring (bicyclic) bond motifs is 2. The molecule has 0 bridgehead atoms. The fraction of sp³-hybridized carbons (Fsp3) is 0.200. The minimum Gasteiger partial charge on any atom is -0.292 e. The van der Waals surface area contributed by atoms with Gasteiger partial charge in [0, 0.05) is 36.3 Å². The van der Waals surface area contributed by atoms with Crippen molar-refractivity contribution in [3.8, 4) is 0 Å². The van der Waals surface area contributed by atoms with E-state index in [1.165, 1.54) is 0 Å². The molecule has 4 rings (SSSR count). The lowest BCUT2D eigenvalue weighted by molar-refractivity contribution is 0.544. The number of para-hydroxylation sites is 2. The molecular formula is C20H18N4O2. The Kier molecular flexibility index (Phi) is 4.31. The van der Waals surface area contributed by atoms with Crippen molar-refractivity contribution in [1.29, 1.82) is 0 Å². The van der Waals surface area contributed by atoms with Crippen LogP contribution in [-0.4, -0.2) is 19.1 Å². The second-order valence-corrected chi connectivity index (χ2v) is 6.21. The number of hydrogen-bond acceptors (Lipinski definition) is 4. The van der Waals surface area contributed by atoms with Gasteiger partial charge in [0.15, 0.2) is 0 Å². The molecule has 0 aliphatic carbocycles. The molecule has 0 unspecified atom stereocenters. The minimum absolute atomic E-state index is 0.243. The third-order valence-electron chi connectivity index (χ3n) is 4.56. The van der Waals surface area contributed by atoms with Gasteiger partial charge in [0.1, 0.15) is 0 Å².